The molecule has 2 aliphatic heterocycles. The number of benzene rings is 2. The zero-order valence-electron chi connectivity index (χ0n) is 18.7. The fraction of sp³-hybridized carbons (Fsp3) is 0.462. The number of hydrogen-bond donors (Lipinski definition) is 0. The van der Waals surface area contributed by atoms with Gasteiger partial charge < -0.3 is 23.7 Å². The van der Waals surface area contributed by atoms with Crippen molar-refractivity contribution in [1.29, 1.82) is 0 Å². The van der Waals surface area contributed by atoms with E-state index in [4.69, 9.17) is 23.7 Å². The molecule has 0 amide bonds. The van der Waals surface area contributed by atoms with E-state index < -0.39 is 5.79 Å². The van der Waals surface area contributed by atoms with E-state index in [2.05, 4.69) is 0 Å². The third-order valence-corrected chi connectivity index (χ3v) is 6.87. The maximum Gasteiger partial charge on any atom is 0.338 e. The fourth-order valence-corrected chi connectivity index (χ4v) is 5.18. The van der Waals surface area contributed by atoms with Crippen molar-refractivity contribution in [2.45, 2.75) is 43.7 Å². The molecule has 3 aliphatic rings. The summed E-state index contributed by atoms with van der Waals surface area (Å²) in [6, 6.07) is 14.6. The van der Waals surface area contributed by atoms with E-state index in [0.717, 1.165) is 0 Å². The maximum absolute atomic E-state index is 13.2. The molecule has 1 saturated carbocycles. The van der Waals surface area contributed by atoms with E-state index in [9.17, 15) is 14.0 Å². The molecular formula is C26H27FO7. The second kappa shape index (κ2) is 9.72. The third kappa shape index (κ3) is 4.93. The number of fused-ring (bicyclic) bond motifs is 1. The standard InChI is InChI=1S/C26H27FO7/c27-18-6-8-19(9-7-18)30-16-26(31-12-13-32-26)11-10-20-21-14-24(28)33-23(21)15-22(20)34-25(29)17-4-2-1-3-5-17/h1-9,20-23H,10-16H2/t20-,21-,22-,23+/m1/s1. The Bertz CT molecular complexity index is 1000. The average molecular weight is 470 g/mol. The second-order valence-electron chi connectivity index (χ2n) is 8.99. The molecule has 0 spiro atoms. The van der Waals surface area contributed by atoms with Crippen molar-refractivity contribution in [3.05, 3.63) is 66.0 Å². The molecule has 3 fully saturated rings. The molecule has 5 rings (SSSR count). The molecule has 2 aromatic rings. The van der Waals surface area contributed by atoms with Crippen LogP contribution in [0.3, 0.4) is 0 Å². The van der Waals surface area contributed by atoms with E-state index in [1.54, 1.807) is 36.4 Å². The molecule has 0 N–H and O–H groups in total. The smallest absolute Gasteiger partial charge is 0.338 e. The molecule has 1 aliphatic carbocycles. The molecule has 34 heavy (non-hydrogen) atoms. The zero-order valence-corrected chi connectivity index (χ0v) is 18.7. The Hall–Kier alpha value is -2.97. The number of halogens is 1. The number of carbonyl (C=O) groups is 2. The van der Waals surface area contributed by atoms with Crippen LogP contribution in [0.15, 0.2) is 54.6 Å². The van der Waals surface area contributed by atoms with Crippen LogP contribution in [0.1, 0.15) is 36.0 Å². The highest BCUT2D eigenvalue weighted by atomic mass is 19.1. The molecule has 2 heterocycles. The summed E-state index contributed by atoms with van der Waals surface area (Å²) in [5.41, 5.74) is 0.488. The van der Waals surface area contributed by atoms with E-state index in [1.165, 1.54) is 12.1 Å². The highest BCUT2D eigenvalue weighted by Gasteiger charge is 2.52. The van der Waals surface area contributed by atoms with Gasteiger partial charge in [0, 0.05) is 24.7 Å². The van der Waals surface area contributed by atoms with Crippen LogP contribution in [-0.2, 0) is 23.7 Å². The molecule has 2 saturated heterocycles. The molecule has 180 valence electrons. The Morgan fingerprint density at radius 3 is 2.53 bits per heavy atom. The van der Waals surface area contributed by atoms with Gasteiger partial charge in [-0.15, -0.1) is 0 Å². The van der Waals surface area contributed by atoms with Crippen LogP contribution in [0.5, 0.6) is 5.75 Å². The van der Waals surface area contributed by atoms with E-state index >= 15 is 0 Å². The molecule has 0 radical (unpaired) electrons. The van der Waals surface area contributed by atoms with Crippen molar-refractivity contribution in [3.63, 3.8) is 0 Å². The van der Waals surface area contributed by atoms with Crippen LogP contribution in [-0.4, -0.2) is 49.8 Å². The minimum Gasteiger partial charge on any atom is -0.488 e. The number of carbonyl (C=O) groups excluding carboxylic acids is 2. The van der Waals surface area contributed by atoms with Gasteiger partial charge in [0.15, 0.2) is 0 Å². The Kier molecular flexibility index (Phi) is 6.52. The monoisotopic (exact) mass is 470 g/mol. The molecule has 4 atom stereocenters. The first kappa shape index (κ1) is 22.8. The summed E-state index contributed by atoms with van der Waals surface area (Å²) >= 11 is 0. The highest BCUT2D eigenvalue weighted by molar-refractivity contribution is 5.89. The quantitative estimate of drug-likeness (QED) is 0.541. The van der Waals surface area contributed by atoms with Crippen molar-refractivity contribution in [3.8, 4) is 5.75 Å². The Balaban J connectivity index is 1.26. The average Bonchev–Trinajstić information content (AvgIpc) is 3.53. The molecule has 8 heteroatoms. The van der Waals surface area contributed by atoms with Crippen molar-refractivity contribution in [2.75, 3.05) is 19.8 Å². The normalized spacial score (nSPS) is 27.3. The summed E-state index contributed by atoms with van der Waals surface area (Å²) in [5, 5.41) is 0. The minimum absolute atomic E-state index is 0.0162. The first-order valence-corrected chi connectivity index (χ1v) is 11.6. The van der Waals surface area contributed by atoms with E-state index in [1.807, 2.05) is 6.07 Å². The molecule has 2 aromatic carbocycles. The van der Waals surface area contributed by atoms with Gasteiger partial charge in [0.25, 0.3) is 0 Å². The number of hydrogen-bond acceptors (Lipinski definition) is 7. The molecule has 0 unspecified atom stereocenters. The van der Waals surface area contributed by atoms with Crippen LogP contribution in [0.25, 0.3) is 0 Å². The van der Waals surface area contributed by atoms with E-state index in [0.29, 0.717) is 50.2 Å². The number of ether oxygens (including phenoxy) is 5. The van der Waals surface area contributed by atoms with Gasteiger partial charge in [-0.3, -0.25) is 4.79 Å². The number of rotatable bonds is 8. The predicted octanol–water partition coefficient (Wildman–Crippen LogP) is 3.91. The van der Waals surface area contributed by atoms with Crippen molar-refractivity contribution in [1.82, 2.24) is 0 Å². The summed E-state index contributed by atoms with van der Waals surface area (Å²) in [4.78, 5) is 24.6. The number of esters is 2. The largest absolute Gasteiger partial charge is 0.488 e. The third-order valence-electron chi connectivity index (χ3n) is 6.87. The molecule has 0 bridgehead atoms. The zero-order chi connectivity index (χ0) is 23.5. The lowest BCUT2D eigenvalue weighted by Crippen LogP contribution is -2.39. The lowest BCUT2D eigenvalue weighted by Gasteiger charge is -2.30. The molecule has 7 nitrogen and oxygen atoms in total. The summed E-state index contributed by atoms with van der Waals surface area (Å²) in [7, 11) is 0. The van der Waals surface area contributed by atoms with Crippen molar-refractivity contribution >= 4 is 11.9 Å². The first-order chi connectivity index (χ1) is 16.5. The lowest BCUT2D eigenvalue weighted by molar-refractivity contribution is -0.185. The Labute approximate surface area is 197 Å². The van der Waals surface area contributed by atoms with E-state index in [-0.39, 0.29) is 48.4 Å². The van der Waals surface area contributed by atoms with Gasteiger partial charge in [0.05, 0.1) is 25.2 Å². The van der Waals surface area contributed by atoms with Crippen LogP contribution < -0.4 is 4.74 Å². The molecule has 0 aromatic heterocycles. The summed E-state index contributed by atoms with van der Waals surface area (Å²) < 4.78 is 42.3. The predicted molar refractivity (Wildman–Crippen MR) is 118 cm³/mol. The van der Waals surface area contributed by atoms with Gasteiger partial charge in [0.1, 0.15) is 30.4 Å². The van der Waals surface area contributed by atoms with Gasteiger partial charge in [-0.1, -0.05) is 18.2 Å². The summed E-state index contributed by atoms with van der Waals surface area (Å²) in [6.45, 7) is 1.03. The van der Waals surface area contributed by atoms with Gasteiger partial charge >= 0.3 is 11.9 Å². The summed E-state index contributed by atoms with van der Waals surface area (Å²) in [6.07, 6.45) is 1.29. The maximum atomic E-state index is 13.2. The SMILES string of the molecule is O=C1C[C@@H]2[C@@H](CCC3(COc4ccc(F)cc4)OCCO3)[C@H](OC(=O)c3ccccc3)C[C@@H]2O1. The lowest BCUT2D eigenvalue weighted by atomic mass is 9.86. The fourth-order valence-electron chi connectivity index (χ4n) is 5.18. The van der Waals surface area contributed by atoms with Gasteiger partial charge in [-0.25, -0.2) is 9.18 Å². The topological polar surface area (TPSA) is 80.3 Å². The highest BCUT2D eigenvalue weighted by Crippen LogP contribution is 2.46. The summed E-state index contributed by atoms with van der Waals surface area (Å²) in [5.74, 6) is -1.46. The van der Waals surface area contributed by atoms with Crippen LogP contribution in [0.4, 0.5) is 4.39 Å². The van der Waals surface area contributed by atoms with Crippen LogP contribution in [0, 0.1) is 17.7 Å². The van der Waals surface area contributed by atoms with Crippen LogP contribution in [0.2, 0.25) is 0 Å². The van der Waals surface area contributed by atoms with Crippen molar-refractivity contribution in [2.24, 2.45) is 11.8 Å². The Morgan fingerprint density at radius 1 is 1.06 bits per heavy atom. The van der Waals surface area contributed by atoms with Crippen LogP contribution >= 0.6 is 0 Å². The van der Waals surface area contributed by atoms with Gasteiger partial charge in [-0.05, 0) is 42.8 Å². The van der Waals surface area contributed by atoms with Gasteiger partial charge in [0.2, 0.25) is 5.79 Å². The Morgan fingerprint density at radius 2 is 1.79 bits per heavy atom. The minimum atomic E-state index is -0.954. The first-order valence-electron chi connectivity index (χ1n) is 11.6. The molecular weight excluding hydrogens is 443 g/mol. The van der Waals surface area contributed by atoms with Gasteiger partial charge in [-0.2, -0.15) is 0 Å². The second-order valence-corrected chi connectivity index (χ2v) is 8.99. The van der Waals surface area contributed by atoms with Crippen molar-refractivity contribution < 1.29 is 37.7 Å².